The van der Waals surface area contributed by atoms with Gasteiger partial charge in [-0.2, -0.15) is 0 Å². The predicted octanol–water partition coefficient (Wildman–Crippen LogP) is 2.44. The lowest BCUT2D eigenvalue weighted by Crippen LogP contribution is -2.46. The van der Waals surface area contributed by atoms with E-state index in [1.807, 2.05) is 0 Å². The number of methoxy groups -OCH3 is 1. The zero-order valence-corrected chi connectivity index (χ0v) is 21.3. The molecular weight excluding hydrogens is 497 g/mol. The van der Waals surface area contributed by atoms with Crippen molar-refractivity contribution in [1.29, 1.82) is 0 Å². The molecule has 1 amide bonds. The van der Waals surface area contributed by atoms with E-state index in [0.29, 0.717) is 28.3 Å². The van der Waals surface area contributed by atoms with Crippen molar-refractivity contribution < 1.29 is 27.1 Å². The highest BCUT2D eigenvalue weighted by Gasteiger charge is 2.45. The maximum Gasteiger partial charge on any atom is 0.328 e. The molecule has 0 saturated carbocycles. The van der Waals surface area contributed by atoms with Crippen LogP contribution in [0.5, 0.6) is 0 Å². The molecule has 1 N–H and O–H groups in total. The van der Waals surface area contributed by atoms with E-state index >= 15 is 0 Å². The molecule has 1 aromatic heterocycles. The Morgan fingerprint density at radius 3 is 2.57 bits per heavy atom. The summed E-state index contributed by atoms with van der Waals surface area (Å²) in [5.41, 5.74) is 2.19. The number of rotatable bonds is 6. The average molecular weight is 524 g/mol. The van der Waals surface area contributed by atoms with Gasteiger partial charge < -0.3 is 15.0 Å². The highest BCUT2D eigenvalue weighted by atomic mass is 35.5. The maximum atomic E-state index is 14.8. The van der Waals surface area contributed by atoms with Crippen LogP contribution >= 0.6 is 12.4 Å². The molecule has 8 nitrogen and oxygen atoms in total. The number of carbonyl (C=O) groups is 2. The zero-order valence-electron chi connectivity index (χ0n) is 19.6. The Hall–Kier alpha value is -2.87. The van der Waals surface area contributed by atoms with Crippen molar-refractivity contribution in [3.63, 3.8) is 0 Å². The summed E-state index contributed by atoms with van der Waals surface area (Å²) in [6.45, 7) is 3.27. The summed E-state index contributed by atoms with van der Waals surface area (Å²) in [4.78, 5) is 26.5. The summed E-state index contributed by atoms with van der Waals surface area (Å²) in [7, 11) is -2.64. The topological polar surface area (TPSA) is 97.7 Å². The molecule has 1 saturated heterocycles. The summed E-state index contributed by atoms with van der Waals surface area (Å²) in [6, 6.07) is 6.17. The highest BCUT2D eigenvalue weighted by Crippen LogP contribution is 2.31. The molecule has 2 aromatic rings. The fourth-order valence-corrected chi connectivity index (χ4v) is 4.80. The van der Waals surface area contributed by atoms with Crippen molar-refractivity contribution in [2.24, 2.45) is 5.92 Å². The van der Waals surface area contributed by atoms with E-state index in [-0.39, 0.29) is 37.9 Å². The molecule has 1 atom stereocenters. The van der Waals surface area contributed by atoms with Crippen molar-refractivity contribution in [3.8, 4) is 23.0 Å². The second-order valence-electron chi connectivity index (χ2n) is 8.86. The lowest BCUT2D eigenvalue weighted by Gasteiger charge is -2.26. The molecule has 0 spiro atoms. The number of sulfone groups is 1. The predicted molar refractivity (Wildman–Crippen MR) is 131 cm³/mol. The van der Waals surface area contributed by atoms with Gasteiger partial charge in [0, 0.05) is 60.4 Å². The molecule has 1 aromatic carbocycles. The maximum absolute atomic E-state index is 14.8. The number of carbonyl (C=O) groups excluding carboxylic acids is 2. The third-order valence-corrected chi connectivity index (χ3v) is 8.51. The third-order valence-electron chi connectivity index (χ3n) is 6.51. The number of nitrogens with one attached hydrogen (secondary N) is 1. The quantitative estimate of drug-likeness (QED) is 0.461. The van der Waals surface area contributed by atoms with Gasteiger partial charge in [-0.25, -0.2) is 17.6 Å². The highest BCUT2D eigenvalue weighted by molar-refractivity contribution is 7.92. The molecule has 2 aliphatic rings. The van der Waals surface area contributed by atoms with Gasteiger partial charge in [-0.1, -0.05) is 17.9 Å². The first-order valence-corrected chi connectivity index (χ1v) is 12.7. The Balaban J connectivity index is 0.00000342. The number of amides is 1. The lowest BCUT2D eigenvalue weighted by molar-refractivity contribution is -0.143. The number of hydrogen-bond donors (Lipinski definition) is 1. The van der Waals surface area contributed by atoms with E-state index in [1.165, 1.54) is 22.5 Å². The van der Waals surface area contributed by atoms with Crippen molar-refractivity contribution in [1.82, 2.24) is 14.8 Å². The van der Waals surface area contributed by atoms with Gasteiger partial charge in [0.15, 0.2) is 14.6 Å². The largest absolute Gasteiger partial charge is 0.468 e. The second-order valence-corrected chi connectivity index (χ2v) is 11.3. The normalized spacial score (nSPS) is 16.9. The number of esters is 1. The van der Waals surface area contributed by atoms with Crippen LogP contribution in [-0.4, -0.2) is 67.6 Å². The standard InChI is InChI=1S/C24H26FN3O5S.ClH/c1-24(22(29)33-2,34(3,31)32)8-9-27-15-19-11-18(14-28(19)23(27)30)20-7-6-16(10-21(20)25)4-5-17-12-26-13-17;/h6-7,10-11,14,17,26H,8-9,12-13,15H2,1-3H3;1H/t24-;/m1./s1. The number of nitrogens with zero attached hydrogens (tertiary/aromatic N) is 2. The number of aromatic nitrogens is 1. The van der Waals surface area contributed by atoms with E-state index in [9.17, 15) is 22.4 Å². The monoisotopic (exact) mass is 523 g/mol. The number of fused-ring (bicyclic) bond motifs is 1. The summed E-state index contributed by atoms with van der Waals surface area (Å²) in [5, 5.41) is 3.14. The van der Waals surface area contributed by atoms with E-state index < -0.39 is 26.4 Å². The lowest BCUT2D eigenvalue weighted by atomic mass is 10.0. The van der Waals surface area contributed by atoms with Crippen molar-refractivity contribution in [2.75, 3.05) is 33.0 Å². The van der Waals surface area contributed by atoms with E-state index in [4.69, 9.17) is 0 Å². The summed E-state index contributed by atoms with van der Waals surface area (Å²) < 4.78 is 43.5. The molecule has 4 rings (SSSR count). The Morgan fingerprint density at radius 2 is 2.03 bits per heavy atom. The molecular formula is C24H27ClFN3O5S. The van der Waals surface area contributed by atoms with Gasteiger partial charge in [0.2, 0.25) is 0 Å². The molecule has 11 heteroatoms. The van der Waals surface area contributed by atoms with Gasteiger partial charge in [0.1, 0.15) is 5.82 Å². The first-order valence-electron chi connectivity index (χ1n) is 10.8. The van der Waals surface area contributed by atoms with Crippen LogP contribution in [0.2, 0.25) is 0 Å². The molecule has 0 aliphatic carbocycles. The van der Waals surface area contributed by atoms with Crippen molar-refractivity contribution in [2.45, 2.75) is 24.6 Å². The molecule has 0 unspecified atom stereocenters. The fourth-order valence-electron chi connectivity index (χ4n) is 3.95. The zero-order chi connectivity index (χ0) is 24.7. The minimum Gasteiger partial charge on any atom is -0.468 e. The van der Waals surface area contributed by atoms with Crippen LogP contribution in [0.4, 0.5) is 9.18 Å². The minimum absolute atomic E-state index is 0. The van der Waals surface area contributed by atoms with E-state index in [1.54, 1.807) is 24.4 Å². The van der Waals surface area contributed by atoms with Crippen molar-refractivity contribution >= 4 is 34.2 Å². The number of hydrogen-bond acceptors (Lipinski definition) is 6. The van der Waals surface area contributed by atoms with Gasteiger partial charge in [0.25, 0.3) is 0 Å². The molecule has 0 bridgehead atoms. The Labute approximate surface area is 210 Å². The fraction of sp³-hybridized carbons (Fsp3) is 0.417. The molecule has 188 valence electrons. The van der Waals surface area contributed by atoms with Crippen LogP contribution in [-0.2, 0) is 25.9 Å². The van der Waals surface area contributed by atoms with Crippen LogP contribution in [0.1, 0.15) is 24.6 Å². The van der Waals surface area contributed by atoms with Crippen LogP contribution in [0.3, 0.4) is 0 Å². The summed E-state index contributed by atoms with van der Waals surface area (Å²) in [5.74, 6) is 5.11. The number of ether oxygens (including phenoxy) is 1. The summed E-state index contributed by atoms with van der Waals surface area (Å²) in [6.07, 6.45) is 2.44. The minimum atomic E-state index is -3.77. The Bertz CT molecular complexity index is 1330. The second kappa shape index (κ2) is 10.0. The van der Waals surface area contributed by atoms with Crippen LogP contribution in [0.25, 0.3) is 11.1 Å². The van der Waals surface area contributed by atoms with Gasteiger partial charge >= 0.3 is 12.0 Å². The Kier molecular flexibility index (Phi) is 7.65. The Morgan fingerprint density at radius 1 is 1.31 bits per heavy atom. The van der Waals surface area contributed by atoms with Gasteiger partial charge in [-0.05, 0) is 31.5 Å². The smallest absolute Gasteiger partial charge is 0.328 e. The molecule has 1 fully saturated rings. The average Bonchev–Trinajstić information content (AvgIpc) is 3.28. The summed E-state index contributed by atoms with van der Waals surface area (Å²) >= 11 is 0. The van der Waals surface area contributed by atoms with E-state index in [2.05, 4.69) is 21.9 Å². The third kappa shape index (κ3) is 5.08. The van der Waals surface area contributed by atoms with Gasteiger partial charge in [-0.15, -0.1) is 12.4 Å². The van der Waals surface area contributed by atoms with Crippen molar-refractivity contribution in [3.05, 3.63) is 47.5 Å². The molecule has 35 heavy (non-hydrogen) atoms. The van der Waals surface area contributed by atoms with Crippen LogP contribution < -0.4 is 5.32 Å². The van der Waals surface area contributed by atoms with E-state index in [0.717, 1.165) is 26.5 Å². The van der Waals surface area contributed by atoms with Crippen LogP contribution in [0.15, 0.2) is 30.5 Å². The van der Waals surface area contributed by atoms with Crippen LogP contribution in [0, 0.1) is 23.6 Å². The molecule has 3 heterocycles. The number of halogens is 2. The SMILES string of the molecule is COC(=O)[C@@](C)(CCN1Cc2cc(-c3ccc(C#CC4CNC4)cc3F)cn2C1=O)S(C)(=O)=O.Cl. The first kappa shape index (κ1) is 26.7. The molecule has 2 aliphatic heterocycles. The number of benzene rings is 1. The van der Waals surface area contributed by atoms with Gasteiger partial charge in [0.05, 0.1) is 13.7 Å². The first-order chi connectivity index (χ1) is 16.0. The molecule has 0 radical (unpaired) electrons. The van der Waals surface area contributed by atoms with Gasteiger partial charge in [-0.3, -0.25) is 9.36 Å².